The Balaban J connectivity index is 1.66. The number of hydrogen-bond donors (Lipinski definition) is 2. The summed E-state index contributed by atoms with van der Waals surface area (Å²) in [6, 6.07) is 1.25. The highest BCUT2D eigenvalue weighted by atomic mass is 19.2. The van der Waals surface area contributed by atoms with E-state index in [1.807, 2.05) is 0 Å². The number of anilines is 1. The van der Waals surface area contributed by atoms with E-state index in [0.29, 0.717) is 37.5 Å². The number of nitrogens with one attached hydrogen (secondary N) is 1. The molecule has 0 radical (unpaired) electrons. The molecule has 26 heavy (non-hydrogen) atoms. The lowest BCUT2D eigenvalue weighted by molar-refractivity contribution is -0.0467. The monoisotopic (exact) mass is 369 g/mol. The second-order valence-electron chi connectivity index (χ2n) is 6.58. The van der Waals surface area contributed by atoms with Crippen molar-refractivity contribution >= 4 is 16.7 Å². The number of aliphatic hydroxyl groups is 1. The Morgan fingerprint density at radius 3 is 2.54 bits per heavy atom. The fourth-order valence-electron chi connectivity index (χ4n) is 3.58. The van der Waals surface area contributed by atoms with Gasteiger partial charge < -0.3 is 29.1 Å². The maximum atomic E-state index is 14.4. The lowest BCUT2D eigenvalue weighted by Gasteiger charge is -2.30. The van der Waals surface area contributed by atoms with Gasteiger partial charge in [0.15, 0.2) is 17.7 Å². The number of rotatable bonds is 5. The molecular formula is C18H21F2NO5. The molecule has 1 aromatic heterocycles. The number of benzene rings is 1. The van der Waals surface area contributed by atoms with Crippen LogP contribution < -0.4 is 5.32 Å². The summed E-state index contributed by atoms with van der Waals surface area (Å²) in [5, 5.41) is 13.4. The minimum absolute atomic E-state index is 0.00330. The Hall–Kier alpha value is -1.74. The molecule has 2 aliphatic heterocycles. The van der Waals surface area contributed by atoms with Gasteiger partial charge in [0, 0.05) is 24.2 Å². The van der Waals surface area contributed by atoms with Gasteiger partial charge in [-0.05, 0) is 24.8 Å². The Labute approximate surface area is 149 Å². The van der Waals surface area contributed by atoms with Gasteiger partial charge in [0.2, 0.25) is 5.82 Å². The summed E-state index contributed by atoms with van der Waals surface area (Å²) in [4.78, 5) is 0. The van der Waals surface area contributed by atoms with Gasteiger partial charge in [0.1, 0.15) is 6.26 Å². The average molecular weight is 369 g/mol. The number of furan rings is 1. The van der Waals surface area contributed by atoms with Gasteiger partial charge in [-0.3, -0.25) is 0 Å². The predicted molar refractivity (Wildman–Crippen MR) is 88.8 cm³/mol. The number of aliphatic hydroxyl groups excluding tert-OH is 1. The van der Waals surface area contributed by atoms with Crippen molar-refractivity contribution in [3.8, 4) is 0 Å². The summed E-state index contributed by atoms with van der Waals surface area (Å²) < 4.78 is 50.0. The minimum Gasteiger partial charge on any atom is -0.459 e. The van der Waals surface area contributed by atoms with Crippen LogP contribution in [-0.4, -0.2) is 44.2 Å². The van der Waals surface area contributed by atoms with Crippen LogP contribution in [0.15, 0.2) is 16.7 Å². The number of hydrogen-bond acceptors (Lipinski definition) is 6. The van der Waals surface area contributed by atoms with E-state index in [4.69, 9.17) is 18.6 Å². The molecule has 0 amide bonds. The van der Waals surface area contributed by atoms with Crippen LogP contribution in [0, 0.1) is 17.6 Å². The highest BCUT2D eigenvalue weighted by molar-refractivity contribution is 5.91. The van der Waals surface area contributed by atoms with Gasteiger partial charge in [-0.2, -0.15) is 4.39 Å². The fourth-order valence-corrected chi connectivity index (χ4v) is 3.58. The molecule has 2 aliphatic rings. The van der Waals surface area contributed by atoms with Gasteiger partial charge >= 0.3 is 0 Å². The van der Waals surface area contributed by atoms with Crippen LogP contribution in [0.1, 0.15) is 24.7 Å². The topological polar surface area (TPSA) is 73.1 Å². The molecule has 2 saturated heterocycles. The second kappa shape index (κ2) is 7.48. The molecule has 2 aromatic rings. The molecule has 1 atom stereocenters. The molecule has 3 heterocycles. The minimum atomic E-state index is -1.07. The smallest absolute Gasteiger partial charge is 0.202 e. The molecule has 0 bridgehead atoms. The van der Waals surface area contributed by atoms with E-state index in [1.54, 1.807) is 0 Å². The molecule has 2 N–H and O–H groups in total. The first-order valence-electron chi connectivity index (χ1n) is 8.76. The van der Waals surface area contributed by atoms with E-state index in [0.717, 1.165) is 12.8 Å². The summed E-state index contributed by atoms with van der Waals surface area (Å²) in [5.41, 5.74) is 0.336. The van der Waals surface area contributed by atoms with Crippen molar-refractivity contribution in [3.05, 3.63) is 29.5 Å². The van der Waals surface area contributed by atoms with Gasteiger partial charge in [-0.25, -0.2) is 4.39 Å². The van der Waals surface area contributed by atoms with Crippen molar-refractivity contribution in [2.75, 3.05) is 38.4 Å². The van der Waals surface area contributed by atoms with Crippen LogP contribution in [0.25, 0.3) is 11.0 Å². The zero-order valence-corrected chi connectivity index (χ0v) is 14.2. The summed E-state index contributed by atoms with van der Waals surface area (Å²) in [7, 11) is 0. The first kappa shape index (κ1) is 17.7. The van der Waals surface area contributed by atoms with Crippen LogP contribution in [0.3, 0.4) is 0 Å². The molecule has 6 nitrogen and oxygen atoms in total. The molecule has 1 aromatic carbocycles. The maximum absolute atomic E-state index is 14.4. The van der Waals surface area contributed by atoms with Crippen LogP contribution in [-0.2, 0) is 14.2 Å². The highest BCUT2D eigenvalue weighted by Crippen LogP contribution is 2.36. The predicted octanol–water partition coefficient (Wildman–Crippen LogP) is 2.96. The lowest BCUT2D eigenvalue weighted by Crippen LogP contribution is -2.36. The summed E-state index contributed by atoms with van der Waals surface area (Å²) in [5.74, 6) is -1.88. The average Bonchev–Trinajstić information content (AvgIpc) is 3.33. The van der Waals surface area contributed by atoms with E-state index in [2.05, 4.69) is 5.32 Å². The highest BCUT2D eigenvalue weighted by Gasteiger charge is 2.29. The summed E-state index contributed by atoms with van der Waals surface area (Å²) >= 11 is 0. The molecule has 8 heteroatoms. The normalized spacial score (nSPS) is 20.7. The first-order valence-corrected chi connectivity index (χ1v) is 8.76. The van der Waals surface area contributed by atoms with Gasteiger partial charge in [0.25, 0.3) is 0 Å². The van der Waals surface area contributed by atoms with Crippen molar-refractivity contribution in [2.24, 2.45) is 5.92 Å². The lowest BCUT2D eigenvalue weighted by atomic mass is 9.92. The third-order valence-corrected chi connectivity index (χ3v) is 5.02. The van der Waals surface area contributed by atoms with Crippen LogP contribution in [0.2, 0.25) is 0 Å². The van der Waals surface area contributed by atoms with Crippen LogP contribution in [0.4, 0.5) is 14.5 Å². The first-order chi connectivity index (χ1) is 12.7. The van der Waals surface area contributed by atoms with E-state index in [1.165, 1.54) is 12.3 Å². The van der Waals surface area contributed by atoms with Crippen LogP contribution in [0.5, 0.6) is 0 Å². The third-order valence-electron chi connectivity index (χ3n) is 5.02. The summed E-state index contributed by atoms with van der Waals surface area (Å²) in [6.07, 6.45) is 2.06. The maximum Gasteiger partial charge on any atom is 0.202 e. The number of halogens is 2. The number of fused-ring (bicyclic) bond motifs is 1. The molecule has 4 rings (SSSR count). The van der Waals surface area contributed by atoms with Crippen molar-refractivity contribution in [1.29, 1.82) is 0 Å². The zero-order valence-electron chi connectivity index (χ0n) is 14.2. The summed E-state index contributed by atoms with van der Waals surface area (Å²) in [6.45, 7) is 1.88. The van der Waals surface area contributed by atoms with Crippen molar-refractivity contribution < 1.29 is 32.5 Å². The standard InChI is InChI=1S/C18H21F2NO5/c19-15-12(18-24-5-6-25-18)7-11-14(9-26-17(11)16(15)20)21-13(8-22)10-1-3-23-4-2-10/h7,9-10,13,18,21-22H,1-6,8H2. The van der Waals surface area contributed by atoms with Crippen molar-refractivity contribution in [2.45, 2.75) is 25.2 Å². The van der Waals surface area contributed by atoms with E-state index >= 15 is 0 Å². The molecular weight excluding hydrogens is 348 g/mol. The molecule has 0 aliphatic carbocycles. The molecule has 2 fully saturated rings. The third kappa shape index (κ3) is 3.18. The molecule has 142 valence electrons. The number of ether oxygens (including phenoxy) is 3. The Bertz CT molecular complexity index is 769. The SMILES string of the molecule is OCC(Nc1coc2c(F)c(F)c(C3OCCO3)cc12)C1CCOCC1. The molecule has 0 spiro atoms. The molecule has 0 saturated carbocycles. The van der Waals surface area contributed by atoms with E-state index in [-0.39, 0.29) is 29.7 Å². The quantitative estimate of drug-likeness (QED) is 0.844. The van der Waals surface area contributed by atoms with Crippen molar-refractivity contribution in [3.63, 3.8) is 0 Å². The second-order valence-corrected chi connectivity index (χ2v) is 6.58. The Morgan fingerprint density at radius 2 is 1.85 bits per heavy atom. The van der Waals surface area contributed by atoms with E-state index < -0.39 is 17.9 Å². The largest absolute Gasteiger partial charge is 0.459 e. The Morgan fingerprint density at radius 1 is 1.12 bits per heavy atom. The molecule has 1 unspecified atom stereocenters. The van der Waals surface area contributed by atoms with E-state index in [9.17, 15) is 13.9 Å². The van der Waals surface area contributed by atoms with Gasteiger partial charge in [-0.15, -0.1) is 0 Å². The Kier molecular flexibility index (Phi) is 5.08. The van der Waals surface area contributed by atoms with Gasteiger partial charge in [-0.1, -0.05) is 0 Å². The fraction of sp³-hybridized carbons (Fsp3) is 0.556. The van der Waals surface area contributed by atoms with Crippen molar-refractivity contribution in [1.82, 2.24) is 0 Å². The zero-order chi connectivity index (χ0) is 18.1. The van der Waals surface area contributed by atoms with Gasteiger partial charge in [0.05, 0.1) is 31.5 Å². The van der Waals surface area contributed by atoms with Crippen LogP contribution >= 0.6 is 0 Å².